The molecule has 0 saturated heterocycles. The molecule has 0 saturated carbocycles. The van der Waals surface area contributed by atoms with Crippen molar-refractivity contribution in [2.75, 3.05) is 0 Å². The Hall–Kier alpha value is -1.81. The van der Waals surface area contributed by atoms with Gasteiger partial charge in [0.1, 0.15) is 5.75 Å². The van der Waals surface area contributed by atoms with Gasteiger partial charge in [-0.3, -0.25) is 0 Å². The number of hydrogen-bond acceptors (Lipinski definition) is 2. The maximum absolute atomic E-state index is 10.8. The van der Waals surface area contributed by atoms with E-state index in [4.69, 9.17) is 9.84 Å². The summed E-state index contributed by atoms with van der Waals surface area (Å²) in [7, 11) is 0. The summed E-state index contributed by atoms with van der Waals surface area (Å²) in [5.41, 5.74) is 2.14. The van der Waals surface area contributed by atoms with Crippen molar-refractivity contribution in [2.24, 2.45) is 0 Å². The molecule has 1 N–H and O–H groups in total. The van der Waals surface area contributed by atoms with Crippen LogP contribution in [0.25, 0.3) is 11.1 Å². The topological polar surface area (TPSA) is 46.5 Å². The third kappa shape index (κ3) is 3.35. The second kappa shape index (κ2) is 5.89. The van der Waals surface area contributed by atoms with Gasteiger partial charge in [-0.2, -0.15) is 0 Å². The molecule has 0 aromatic heterocycles. The summed E-state index contributed by atoms with van der Waals surface area (Å²) in [5, 5.41) is 8.83. The van der Waals surface area contributed by atoms with Gasteiger partial charge in [-0.1, -0.05) is 36.4 Å². The van der Waals surface area contributed by atoms with Crippen LogP contribution in [0.4, 0.5) is 0 Å². The number of halogens is 1. The first-order valence-electron chi connectivity index (χ1n) is 5.82. The largest absolute Gasteiger partial charge is 0.479 e. The lowest BCUT2D eigenvalue weighted by Gasteiger charge is -2.13. The SMILES string of the molecule is CC(Oc1ccc(-c2ccccc2)cc1Br)C(=O)O. The second-order valence-corrected chi connectivity index (χ2v) is 4.96. The highest BCUT2D eigenvalue weighted by Gasteiger charge is 2.14. The molecule has 2 rings (SSSR count). The molecule has 2 aromatic carbocycles. The Balaban J connectivity index is 2.25. The zero-order valence-corrected chi connectivity index (χ0v) is 11.9. The molecule has 0 aliphatic carbocycles. The molecule has 98 valence electrons. The van der Waals surface area contributed by atoms with Crippen LogP contribution in [0, 0.1) is 0 Å². The Morgan fingerprint density at radius 1 is 1.16 bits per heavy atom. The van der Waals surface area contributed by atoms with Crippen LogP contribution >= 0.6 is 15.9 Å². The molecule has 0 spiro atoms. The van der Waals surface area contributed by atoms with E-state index in [1.165, 1.54) is 6.92 Å². The number of rotatable bonds is 4. The van der Waals surface area contributed by atoms with Crippen LogP contribution in [-0.4, -0.2) is 17.2 Å². The Bertz CT molecular complexity index is 581. The molecular formula is C15H13BrO3. The fraction of sp³-hybridized carbons (Fsp3) is 0.133. The normalized spacial score (nSPS) is 11.9. The maximum Gasteiger partial charge on any atom is 0.344 e. The lowest BCUT2D eigenvalue weighted by Crippen LogP contribution is -2.22. The van der Waals surface area contributed by atoms with Gasteiger partial charge in [0.25, 0.3) is 0 Å². The Morgan fingerprint density at radius 3 is 2.42 bits per heavy atom. The number of hydrogen-bond donors (Lipinski definition) is 1. The number of aliphatic carboxylic acids is 1. The van der Waals surface area contributed by atoms with E-state index >= 15 is 0 Å². The average Bonchev–Trinajstić information content (AvgIpc) is 2.41. The Morgan fingerprint density at radius 2 is 1.84 bits per heavy atom. The van der Waals surface area contributed by atoms with Crippen LogP contribution < -0.4 is 4.74 Å². The monoisotopic (exact) mass is 320 g/mol. The van der Waals surface area contributed by atoms with Gasteiger partial charge in [0.15, 0.2) is 6.10 Å². The van der Waals surface area contributed by atoms with Crippen molar-refractivity contribution in [3.8, 4) is 16.9 Å². The van der Waals surface area contributed by atoms with Crippen molar-refractivity contribution >= 4 is 21.9 Å². The standard InChI is InChI=1S/C15H13BrO3/c1-10(15(17)18)19-14-8-7-12(9-13(14)16)11-5-3-2-4-6-11/h2-10H,1H3,(H,17,18). The second-order valence-electron chi connectivity index (χ2n) is 4.11. The minimum absolute atomic E-state index is 0.523. The molecule has 19 heavy (non-hydrogen) atoms. The minimum atomic E-state index is -0.987. The van der Waals surface area contributed by atoms with Gasteiger partial charge >= 0.3 is 5.97 Å². The van der Waals surface area contributed by atoms with E-state index in [0.717, 1.165) is 15.6 Å². The lowest BCUT2D eigenvalue weighted by molar-refractivity contribution is -0.144. The van der Waals surface area contributed by atoms with Crippen LogP contribution in [0.2, 0.25) is 0 Å². The molecule has 1 unspecified atom stereocenters. The maximum atomic E-state index is 10.8. The van der Waals surface area contributed by atoms with E-state index in [0.29, 0.717) is 5.75 Å². The molecule has 0 heterocycles. The van der Waals surface area contributed by atoms with Crippen LogP contribution in [0.5, 0.6) is 5.75 Å². The summed E-state index contributed by atoms with van der Waals surface area (Å²) in [6.45, 7) is 1.50. The van der Waals surface area contributed by atoms with Crippen molar-refractivity contribution in [1.82, 2.24) is 0 Å². The zero-order valence-electron chi connectivity index (χ0n) is 10.3. The zero-order chi connectivity index (χ0) is 13.8. The summed E-state index contributed by atoms with van der Waals surface area (Å²) < 4.78 is 6.09. The van der Waals surface area contributed by atoms with Gasteiger partial charge in [0, 0.05) is 0 Å². The van der Waals surface area contributed by atoms with Gasteiger partial charge in [-0.05, 0) is 46.1 Å². The van der Waals surface area contributed by atoms with E-state index in [-0.39, 0.29) is 0 Å². The quantitative estimate of drug-likeness (QED) is 0.927. The summed E-state index contributed by atoms with van der Waals surface area (Å²) in [6, 6.07) is 15.5. The highest BCUT2D eigenvalue weighted by molar-refractivity contribution is 9.10. The minimum Gasteiger partial charge on any atom is -0.479 e. The molecular weight excluding hydrogens is 308 g/mol. The van der Waals surface area contributed by atoms with E-state index < -0.39 is 12.1 Å². The van der Waals surface area contributed by atoms with Gasteiger partial charge < -0.3 is 9.84 Å². The Labute approximate surface area is 120 Å². The third-order valence-corrected chi connectivity index (χ3v) is 3.31. The summed E-state index contributed by atoms with van der Waals surface area (Å²) in [4.78, 5) is 10.8. The van der Waals surface area contributed by atoms with Gasteiger partial charge in [0.2, 0.25) is 0 Å². The number of carboxylic acid groups (broad SMARTS) is 1. The highest BCUT2D eigenvalue weighted by atomic mass is 79.9. The number of benzene rings is 2. The van der Waals surface area contributed by atoms with Crippen LogP contribution in [0.3, 0.4) is 0 Å². The van der Waals surface area contributed by atoms with Crippen molar-refractivity contribution in [3.05, 3.63) is 53.0 Å². The lowest BCUT2D eigenvalue weighted by atomic mass is 10.1. The molecule has 0 fully saturated rings. The number of ether oxygens (including phenoxy) is 1. The van der Waals surface area contributed by atoms with Gasteiger partial charge in [-0.15, -0.1) is 0 Å². The first kappa shape index (κ1) is 13.6. The summed E-state index contributed by atoms with van der Waals surface area (Å²) in [5.74, 6) is -0.464. The molecule has 3 nitrogen and oxygen atoms in total. The fourth-order valence-corrected chi connectivity index (χ4v) is 2.12. The number of carboxylic acids is 1. The van der Waals surface area contributed by atoms with E-state index in [9.17, 15) is 4.79 Å². The third-order valence-electron chi connectivity index (χ3n) is 2.69. The summed E-state index contributed by atoms with van der Waals surface area (Å²) in [6.07, 6.45) is -0.876. The Kier molecular flexibility index (Phi) is 4.22. The smallest absolute Gasteiger partial charge is 0.344 e. The van der Waals surface area contributed by atoms with Crippen molar-refractivity contribution in [2.45, 2.75) is 13.0 Å². The van der Waals surface area contributed by atoms with Crippen molar-refractivity contribution in [1.29, 1.82) is 0 Å². The average molecular weight is 321 g/mol. The molecule has 0 amide bonds. The molecule has 1 atom stereocenters. The van der Waals surface area contributed by atoms with E-state index in [1.54, 1.807) is 6.07 Å². The molecule has 0 aliphatic heterocycles. The van der Waals surface area contributed by atoms with Crippen LogP contribution in [-0.2, 0) is 4.79 Å². The van der Waals surface area contributed by atoms with E-state index in [1.807, 2.05) is 42.5 Å². The molecule has 0 radical (unpaired) electrons. The van der Waals surface area contributed by atoms with Crippen LogP contribution in [0.15, 0.2) is 53.0 Å². The van der Waals surface area contributed by atoms with Crippen molar-refractivity contribution in [3.63, 3.8) is 0 Å². The van der Waals surface area contributed by atoms with Gasteiger partial charge in [0.05, 0.1) is 4.47 Å². The van der Waals surface area contributed by atoms with Crippen LogP contribution in [0.1, 0.15) is 6.92 Å². The number of carbonyl (C=O) groups is 1. The highest BCUT2D eigenvalue weighted by Crippen LogP contribution is 2.31. The fourth-order valence-electron chi connectivity index (χ4n) is 1.65. The predicted molar refractivity (Wildman–Crippen MR) is 77.3 cm³/mol. The van der Waals surface area contributed by atoms with Gasteiger partial charge in [-0.25, -0.2) is 4.79 Å². The molecule has 2 aromatic rings. The summed E-state index contributed by atoms with van der Waals surface area (Å²) >= 11 is 3.40. The molecule has 0 aliphatic rings. The molecule has 4 heteroatoms. The van der Waals surface area contributed by atoms with Crippen molar-refractivity contribution < 1.29 is 14.6 Å². The first-order chi connectivity index (χ1) is 9.08. The first-order valence-corrected chi connectivity index (χ1v) is 6.61. The van der Waals surface area contributed by atoms with E-state index in [2.05, 4.69) is 15.9 Å². The predicted octanol–water partition coefficient (Wildman–Crippen LogP) is 3.97. The molecule has 0 bridgehead atoms.